The van der Waals surface area contributed by atoms with Gasteiger partial charge in [-0.1, -0.05) is 18.2 Å². The standard InChI is InChI=1S/C20H19NO4/c1-2-24-19(22)18-17(20(12-21)7-8-20)15-4-3-14(11-16(15)25-18)13-5-9-23-10-6-13/h3-5,11H,2,6-10H2,1H3. The Balaban J connectivity index is 1.86. The van der Waals surface area contributed by atoms with Crippen molar-refractivity contribution in [3.63, 3.8) is 0 Å². The van der Waals surface area contributed by atoms with E-state index in [-0.39, 0.29) is 12.4 Å². The van der Waals surface area contributed by atoms with Gasteiger partial charge in [0.15, 0.2) is 0 Å². The molecule has 0 atom stereocenters. The Hall–Kier alpha value is -2.58. The molecule has 1 aliphatic heterocycles. The zero-order valence-electron chi connectivity index (χ0n) is 14.1. The molecule has 5 nitrogen and oxygen atoms in total. The first-order valence-corrected chi connectivity index (χ1v) is 8.61. The van der Waals surface area contributed by atoms with Crippen LogP contribution in [0.1, 0.15) is 47.9 Å². The maximum absolute atomic E-state index is 12.4. The van der Waals surface area contributed by atoms with Gasteiger partial charge < -0.3 is 13.9 Å². The lowest BCUT2D eigenvalue weighted by Crippen LogP contribution is -2.11. The maximum Gasteiger partial charge on any atom is 0.374 e. The molecule has 1 aromatic carbocycles. The van der Waals surface area contributed by atoms with Gasteiger partial charge in [0.05, 0.1) is 31.3 Å². The van der Waals surface area contributed by atoms with Gasteiger partial charge in [-0.25, -0.2) is 4.79 Å². The van der Waals surface area contributed by atoms with Crippen molar-refractivity contribution in [3.05, 3.63) is 41.2 Å². The van der Waals surface area contributed by atoms with Gasteiger partial charge in [-0.15, -0.1) is 0 Å². The van der Waals surface area contributed by atoms with Crippen molar-refractivity contribution in [3.8, 4) is 6.07 Å². The third-order valence-corrected chi connectivity index (χ3v) is 4.93. The van der Waals surface area contributed by atoms with E-state index in [1.165, 1.54) is 5.57 Å². The van der Waals surface area contributed by atoms with E-state index < -0.39 is 11.4 Å². The normalized spacial score (nSPS) is 18.5. The number of nitriles is 1. The molecule has 0 N–H and O–H groups in total. The average Bonchev–Trinajstić information content (AvgIpc) is 3.35. The predicted octanol–water partition coefficient (Wildman–Crippen LogP) is 3.97. The fraction of sp³-hybridized carbons (Fsp3) is 0.400. The number of fused-ring (bicyclic) bond motifs is 1. The van der Waals surface area contributed by atoms with Crippen molar-refractivity contribution in [2.24, 2.45) is 0 Å². The molecule has 0 amide bonds. The van der Waals surface area contributed by atoms with Gasteiger partial charge in [0.2, 0.25) is 5.76 Å². The Labute approximate surface area is 145 Å². The lowest BCUT2D eigenvalue weighted by Gasteiger charge is -2.13. The number of carbonyl (C=O) groups is 1. The van der Waals surface area contributed by atoms with Crippen molar-refractivity contribution in [2.75, 3.05) is 19.8 Å². The van der Waals surface area contributed by atoms with Crippen LogP contribution in [-0.2, 0) is 14.9 Å². The molecule has 1 aromatic heterocycles. The number of hydrogen-bond donors (Lipinski definition) is 0. The smallest absolute Gasteiger partial charge is 0.374 e. The molecule has 0 spiro atoms. The topological polar surface area (TPSA) is 72.5 Å². The third kappa shape index (κ3) is 2.63. The van der Waals surface area contributed by atoms with Crippen LogP contribution in [0.4, 0.5) is 0 Å². The molecule has 1 fully saturated rings. The highest BCUT2D eigenvalue weighted by molar-refractivity contribution is 5.98. The fourth-order valence-electron chi connectivity index (χ4n) is 3.44. The maximum atomic E-state index is 12.4. The van der Waals surface area contributed by atoms with E-state index in [0.717, 1.165) is 30.2 Å². The molecule has 0 bridgehead atoms. The predicted molar refractivity (Wildman–Crippen MR) is 92.1 cm³/mol. The first-order valence-electron chi connectivity index (χ1n) is 8.61. The molecule has 2 aliphatic rings. The molecule has 128 valence electrons. The van der Waals surface area contributed by atoms with E-state index in [4.69, 9.17) is 13.9 Å². The van der Waals surface area contributed by atoms with Gasteiger partial charge in [0, 0.05) is 10.9 Å². The number of furan rings is 1. The van der Waals surface area contributed by atoms with Crippen molar-refractivity contribution in [1.82, 2.24) is 0 Å². The molecule has 0 radical (unpaired) electrons. The fourth-order valence-corrected chi connectivity index (χ4v) is 3.44. The van der Waals surface area contributed by atoms with Crippen LogP contribution < -0.4 is 0 Å². The van der Waals surface area contributed by atoms with Crippen molar-refractivity contribution in [2.45, 2.75) is 31.6 Å². The summed E-state index contributed by atoms with van der Waals surface area (Å²) in [4.78, 5) is 12.4. The summed E-state index contributed by atoms with van der Waals surface area (Å²) in [6.07, 6.45) is 4.41. The van der Waals surface area contributed by atoms with E-state index in [2.05, 4.69) is 12.1 Å². The summed E-state index contributed by atoms with van der Waals surface area (Å²) in [5.74, 6) is -0.323. The molecule has 1 saturated carbocycles. The van der Waals surface area contributed by atoms with Gasteiger partial charge in [-0.3, -0.25) is 0 Å². The third-order valence-electron chi connectivity index (χ3n) is 4.93. The number of benzene rings is 1. The summed E-state index contributed by atoms with van der Waals surface area (Å²) < 4.78 is 16.4. The van der Waals surface area contributed by atoms with Crippen LogP contribution in [0.15, 0.2) is 28.7 Å². The summed E-state index contributed by atoms with van der Waals surface area (Å²) in [7, 11) is 0. The van der Waals surface area contributed by atoms with Crippen molar-refractivity contribution < 1.29 is 18.7 Å². The minimum atomic E-state index is -0.618. The van der Waals surface area contributed by atoms with E-state index in [9.17, 15) is 10.1 Å². The monoisotopic (exact) mass is 337 g/mol. The van der Waals surface area contributed by atoms with Crippen molar-refractivity contribution in [1.29, 1.82) is 5.26 Å². The molecule has 1 aliphatic carbocycles. The van der Waals surface area contributed by atoms with Gasteiger partial charge in [-0.05, 0) is 43.4 Å². The molecule has 2 heterocycles. The lowest BCUT2D eigenvalue weighted by molar-refractivity contribution is 0.0490. The van der Waals surface area contributed by atoms with E-state index >= 15 is 0 Å². The van der Waals surface area contributed by atoms with Crippen LogP contribution in [0.2, 0.25) is 0 Å². The molecule has 25 heavy (non-hydrogen) atoms. The number of ether oxygens (including phenoxy) is 2. The quantitative estimate of drug-likeness (QED) is 0.789. The number of esters is 1. The number of carbonyl (C=O) groups excluding carboxylic acids is 1. The van der Waals surface area contributed by atoms with Crippen LogP contribution >= 0.6 is 0 Å². The Kier molecular flexibility index (Phi) is 3.85. The van der Waals surface area contributed by atoms with Crippen LogP contribution in [0.3, 0.4) is 0 Å². The number of nitrogens with zero attached hydrogens (tertiary/aromatic N) is 1. The molecule has 2 aromatic rings. The number of rotatable bonds is 4. The van der Waals surface area contributed by atoms with E-state index in [1.807, 2.05) is 18.2 Å². The molecule has 4 rings (SSSR count). The van der Waals surface area contributed by atoms with E-state index in [0.29, 0.717) is 24.4 Å². The molecular weight excluding hydrogens is 318 g/mol. The summed E-state index contributed by atoms with van der Waals surface area (Å²) in [6.45, 7) is 3.35. The summed E-state index contributed by atoms with van der Waals surface area (Å²) >= 11 is 0. The van der Waals surface area contributed by atoms with Gasteiger partial charge in [-0.2, -0.15) is 5.26 Å². The minimum absolute atomic E-state index is 0.175. The highest BCUT2D eigenvalue weighted by atomic mass is 16.5. The van der Waals surface area contributed by atoms with Gasteiger partial charge in [0.1, 0.15) is 5.58 Å². The van der Waals surface area contributed by atoms with Gasteiger partial charge >= 0.3 is 5.97 Å². The summed E-state index contributed by atoms with van der Waals surface area (Å²) in [6, 6.07) is 8.30. The molecule has 5 heteroatoms. The highest BCUT2D eigenvalue weighted by Crippen LogP contribution is 2.52. The minimum Gasteiger partial charge on any atom is -0.460 e. The summed E-state index contributed by atoms with van der Waals surface area (Å²) in [5, 5.41) is 10.4. The van der Waals surface area contributed by atoms with Crippen LogP contribution in [0.25, 0.3) is 16.5 Å². The van der Waals surface area contributed by atoms with E-state index in [1.54, 1.807) is 6.92 Å². The zero-order chi connectivity index (χ0) is 17.4. The Bertz CT molecular complexity index is 912. The van der Waals surface area contributed by atoms with Gasteiger partial charge in [0.25, 0.3) is 0 Å². The van der Waals surface area contributed by atoms with Crippen LogP contribution in [0, 0.1) is 11.3 Å². The highest BCUT2D eigenvalue weighted by Gasteiger charge is 2.50. The second-order valence-electron chi connectivity index (χ2n) is 6.49. The summed E-state index contributed by atoms with van der Waals surface area (Å²) in [5.41, 5.74) is 2.98. The van der Waals surface area contributed by atoms with Crippen LogP contribution in [0.5, 0.6) is 0 Å². The average molecular weight is 337 g/mol. The Morgan fingerprint density at radius 3 is 2.88 bits per heavy atom. The second kappa shape index (κ2) is 6.05. The molecule has 0 saturated heterocycles. The Morgan fingerprint density at radius 2 is 2.24 bits per heavy atom. The number of hydrogen-bond acceptors (Lipinski definition) is 5. The Morgan fingerprint density at radius 1 is 1.40 bits per heavy atom. The molecule has 0 unspecified atom stereocenters. The largest absolute Gasteiger partial charge is 0.460 e. The first kappa shape index (κ1) is 15.9. The first-order chi connectivity index (χ1) is 12.2. The second-order valence-corrected chi connectivity index (χ2v) is 6.49. The van der Waals surface area contributed by atoms with Crippen LogP contribution in [-0.4, -0.2) is 25.8 Å². The van der Waals surface area contributed by atoms with Crippen molar-refractivity contribution >= 4 is 22.5 Å². The molecular formula is C20H19NO4. The lowest BCUT2D eigenvalue weighted by atomic mass is 9.92. The zero-order valence-corrected chi connectivity index (χ0v) is 14.1. The SMILES string of the molecule is CCOC(=O)c1oc2cc(C3=CCOCC3)ccc2c1C1(C#N)CC1.